The van der Waals surface area contributed by atoms with Crippen LogP contribution in [-0.2, 0) is 13.1 Å². The average molecular weight is 259 g/mol. The molecular weight excluding hydrogens is 241 g/mol. The zero-order valence-electron chi connectivity index (χ0n) is 11.0. The van der Waals surface area contributed by atoms with E-state index < -0.39 is 0 Å². The second kappa shape index (κ2) is 6.29. The Morgan fingerprint density at radius 1 is 1.26 bits per heavy atom. The summed E-state index contributed by atoms with van der Waals surface area (Å²) in [6, 6.07) is 10.9. The molecule has 4 heteroatoms. The molecule has 2 aromatic rings. The van der Waals surface area contributed by atoms with Crippen LogP contribution in [-0.4, -0.2) is 11.5 Å². The summed E-state index contributed by atoms with van der Waals surface area (Å²) >= 11 is 0. The van der Waals surface area contributed by atoms with Crippen LogP contribution < -0.4 is 10.6 Å². The van der Waals surface area contributed by atoms with Gasteiger partial charge in [0.25, 0.3) is 0 Å². The van der Waals surface area contributed by atoms with Crippen molar-refractivity contribution < 1.29 is 4.39 Å². The van der Waals surface area contributed by atoms with Gasteiger partial charge in [0.05, 0.1) is 17.9 Å². The molecule has 19 heavy (non-hydrogen) atoms. The van der Waals surface area contributed by atoms with E-state index in [2.05, 4.69) is 4.98 Å². The van der Waals surface area contributed by atoms with Crippen molar-refractivity contribution >= 4 is 5.69 Å². The molecule has 1 heterocycles. The summed E-state index contributed by atoms with van der Waals surface area (Å²) in [7, 11) is 0. The first-order valence-corrected chi connectivity index (χ1v) is 6.38. The molecule has 1 aromatic carbocycles. The number of rotatable bonds is 5. The lowest BCUT2D eigenvalue weighted by atomic mass is 10.1. The summed E-state index contributed by atoms with van der Waals surface area (Å²) in [6.45, 7) is 3.66. The minimum atomic E-state index is -0.235. The number of nitrogens with zero attached hydrogens (tertiary/aromatic N) is 2. The minimum absolute atomic E-state index is 0.235. The van der Waals surface area contributed by atoms with E-state index in [0.29, 0.717) is 18.8 Å². The number of hydrogen-bond acceptors (Lipinski definition) is 3. The van der Waals surface area contributed by atoms with Crippen molar-refractivity contribution in [3.8, 4) is 0 Å². The lowest BCUT2D eigenvalue weighted by Crippen LogP contribution is -2.23. The Hall–Kier alpha value is -1.94. The molecule has 0 unspecified atom stereocenters. The normalized spacial score (nSPS) is 10.5. The van der Waals surface area contributed by atoms with Gasteiger partial charge >= 0.3 is 0 Å². The molecule has 0 bridgehead atoms. The van der Waals surface area contributed by atoms with Crippen molar-refractivity contribution in [1.82, 2.24) is 4.98 Å². The van der Waals surface area contributed by atoms with E-state index in [9.17, 15) is 4.39 Å². The van der Waals surface area contributed by atoms with Crippen molar-refractivity contribution in [3.63, 3.8) is 0 Å². The second-order valence-corrected chi connectivity index (χ2v) is 4.33. The topological polar surface area (TPSA) is 42.2 Å². The molecule has 100 valence electrons. The Balaban J connectivity index is 2.22. The third-order valence-electron chi connectivity index (χ3n) is 3.05. The molecule has 0 radical (unpaired) electrons. The van der Waals surface area contributed by atoms with Gasteiger partial charge in [-0.15, -0.1) is 0 Å². The van der Waals surface area contributed by atoms with Gasteiger partial charge in [-0.3, -0.25) is 4.98 Å². The van der Waals surface area contributed by atoms with Gasteiger partial charge in [-0.1, -0.05) is 12.1 Å². The fourth-order valence-electron chi connectivity index (χ4n) is 1.99. The monoisotopic (exact) mass is 259 g/mol. The Labute approximate surface area is 112 Å². The van der Waals surface area contributed by atoms with Gasteiger partial charge < -0.3 is 10.6 Å². The molecule has 0 fully saturated rings. The number of halogens is 1. The van der Waals surface area contributed by atoms with E-state index in [1.54, 1.807) is 12.3 Å². The van der Waals surface area contributed by atoms with Gasteiger partial charge in [0.2, 0.25) is 0 Å². The maximum atomic E-state index is 14.1. The van der Waals surface area contributed by atoms with E-state index in [1.165, 1.54) is 6.07 Å². The van der Waals surface area contributed by atoms with Crippen LogP contribution >= 0.6 is 0 Å². The van der Waals surface area contributed by atoms with Crippen molar-refractivity contribution in [1.29, 1.82) is 0 Å². The first kappa shape index (κ1) is 13.5. The van der Waals surface area contributed by atoms with Gasteiger partial charge in [0, 0.05) is 19.3 Å². The Kier molecular flexibility index (Phi) is 4.47. The van der Waals surface area contributed by atoms with Crippen LogP contribution in [0.5, 0.6) is 0 Å². The standard InChI is InChI=1S/C15H18FN3/c1-2-19(11-13-5-3-4-8-18-13)15-7-6-12(10-17)9-14(15)16/h3-9H,2,10-11,17H2,1H3. The van der Waals surface area contributed by atoms with Crippen molar-refractivity contribution in [2.45, 2.75) is 20.0 Å². The number of benzene rings is 1. The molecule has 0 spiro atoms. The molecule has 0 amide bonds. The van der Waals surface area contributed by atoms with Crippen molar-refractivity contribution in [3.05, 3.63) is 59.7 Å². The highest BCUT2D eigenvalue weighted by atomic mass is 19.1. The molecule has 1 aromatic heterocycles. The zero-order valence-corrected chi connectivity index (χ0v) is 11.0. The molecule has 0 aliphatic carbocycles. The largest absolute Gasteiger partial charge is 0.364 e. The molecule has 3 nitrogen and oxygen atoms in total. The van der Waals surface area contributed by atoms with Crippen LogP contribution in [0.15, 0.2) is 42.6 Å². The summed E-state index contributed by atoms with van der Waals surface area (Å²) in [4.78, 5) is 6.23. The number of pyridine rings is 1. The maximum Gasteiger partial charge on any atom is 0.146 e. The van der Waals surface area contributed by atoms with E-state index in [-0.39, 0.29) is 5.82 Å². The van der Waals surface area contributed by atoms with Crippen molar-refractivity contribution in [2.24, 2.45) is 5.73 Å². The van der Waals surface area contributed by atoms with E-state index in [4.69, 9.17) is 5.73 Å². The van der Waals surface area contributed by atoms with Gasteiger partial charge in [-0.05, 0) is 36.8 Å². The lowest BCUT2D eigenvalue weighted by Gasteiger charge is -2.23. The smallest absolute Gasteiger partial charge is 0.146 e. The highest BCUT2D eigenvalue weighted by molar-refractivity contribution is 5.49. The van der Waals surface area contributed by atoms with Crippen LogP contribution in [0.3, 0.4) is 0 Å². The highest BCUT2D eigenvalue weighted by Crippen LogP contribution is 2.21. The number of aromatic nitrogens is 1. The first-order chi connectivity index (χ1) is 9.24. The highest BCUT2D eigenvalue weighted by Gasteiger charge is 2.11. The molecule has 0 atom stereocenters. The predicted molar refractivity (Wildman–Crippen MR) is 75.3 cm³/mol. The van der Waals surface area contributed by atoms with Crippen LogP contribution in [0.25, 0.3) is 0 Å². The Bertz CT molecular complexity index is 528. The number of nitrogens with two attached hydrogens (primary N) is 1. The predicted octanol–water partition coefficient (Wildman–Crippen LogP) is 2.71. The summed E-state index contributed by atoms with van der Waals surface area (Å²) in [5.74, 6) is -0.235. The third kappa shape index (κ3) is 3.29. The molecule has 0 aliphatic rings. The van der Waals surface area contributed by atoms with Gasteiger partial charge in [0.1, 0.15) is 5.82 Å². The average Bonchev–Trinajstić information content (AvgIpc) is 2.46. The fraction of sp³-hybridized carbons (Fsp3) is 0.267. The lowest BCUT2D eigenvalue weighted by molar-refractivity contribution is 0.615. The first-order valence-electron chi connectivity index (χ1n) is 6.38. The molecule has 0 saturated heterocycles. The number of anilines is 1. The third-order valence-corrected chi connectivity index (χ3v) is 3.05. The van der Waals surface area contributed by atoms with E-state index in [1.807, 2.05) is 36.1 Å². The van der Waals surface area contributed by atoms with Crippen LogP contribution in [0.1, 0.15) is 18.2 Å². The minimum Gasteiger partial charge on any atom is -0.364 e. The summed E-state index contributed by atoms with van der Waals surface area (Å²) in [5.41, 5.74) is 7.82. The van der Waals surface area contributed by atoms with Gasteiger partial charge in [0.15, 0.2) is 0 Å². The Morgan fingerprint density at radius 3 is 2.68 bits per heavy atom. The van der Waals surface area contributed by atoms with Crippen molar-refractivity contribution in [2.75, 3.05) is 11.4 Å². The zero-order chi connectivity index (χ0) is 13.7. The summed E-state index contributed by atoms with van der Waals surface area (Å²) in [6.07, 6.45) is 1.75. The van der Waals surface area contributed by atoms with Crippen LogP contribution in [0, 0.1) is 5.82 Å². The number of hydrogen-bond donors (Lipinski definition) is 1. The summed E-state index contributed by atoms with van der Waals surface area (Å²) in [5, 5.41) is 0. The second-order valence-electron chi connectivity index (χ2n) is 4.33. The quantitative estimate of drug-likeness (QED) is 0.897. The fourth-order valence-corrected chi connectivity index (χ4v) is 1.99. The van der Waals surface area contributed by atoms with Gasteiger partial charge in [-0.25, -0.2) is 4.39 Å². The maximum absolute atomic E-state index is 14.1. The molecular formula is C15H18FN3. The van der Waals surface area contributed by atoms with Gasteiger partial charge in [-0.2, -0.15) is 0 Å². The SMILES string of the molecule is CCN(Cc1ccccn1)c1ccc(CN)cc1F. The van der Waals surface area contributed by atoms with Crippen LogP contribution in [0.2, 0.25) is 0 Å². The van der Waals surface area contributed by atoms with E-state index in [0.717, 1.165) is 17.8 Å². The molecule has 0 saturated carbocycles. The molecule has 0 aliphatic heterocycles. The Morgan fingerprint density at radius 2 is 2.11 bits per heavy atom. The summed E-state index contributed by atoms with van der Waals surface area (Å²) < 4.78 is 14.1. The van der Waals surface area contributed by atoms with Crippen LogP contribution in [0.4, 0.5) is 10.1 Å². The molecule has 2 rings (SSSR count). The van der Waals surface area contributed by atoms with E-state index >= 15 is 0 Å². The molecule has 2 N–H and O–H groups in total.